The summed E-state index contributed by atoms with van der Waals surface area (Å²) in [7, 11) is 0. The predicted octanol–water partition coefficient (Wildman–Crippen LogP) is 0.467. The van der Waals surface area contributed by atoms with Crippen molar-refractivity contribution in [2.75, 3.05) is 19.6 Å². The van der Waals surface area contributed by atoms with Crippen LogP contribution in [-0.4, -0.2) is 41.7 Å². The van der Waals surface area contributed by atoms with Crippen LogP contribution in [0.3, 0.4) is 0 Å². The smallest absolute Gasteiger partial charge is 0.273 e. The normalized spacial score (nSPS) is 21.2. The summed E-state index contributed by atoms with van der Waals surface area (Å²) in [5, 5.41) is 26.4. The lowest BCUT2D eigenvalue weighted by Gasteiger charge is -2.14. The number of aryl methyl sites for hydroxylation is 1. The Morgan fingerprint density at radius 2 is 2.29 bits per heavy atom. The SMILES string of the molecule is CCc1ccc(C(=O)NCC2CNCC2O)cc1[N+](=O)[O-]. The van der Waals surface area contributed by atoms with E-state index in [0.717, 1.165) is 0 Å². The van der Waals surface area contributed by atoms with Gasteiger partial charge in [-0.3, -0.25) is 14.9 Å². The molecule has 1 aromatic rings. The summed E-state index contributed by atoms with van der Waals surface area (Å²) >= 11 is 0. The Morgan fingerprint density at radius 3 is 2.86 bits per heavy atom. The third kappa shape index (κ3) is 3.56. The zero-order valence-corrected chi connectivity index (χ0v) is 11.8. The number of aliphatic hydroxyl groups excluding tert-OH is 1. The second-order valence-corrected chi connectivity index (χ2v) is 5.15. The zero-order valence-electron chi connectivity index (χ0n) is 11.8. The van der Waals surface area contributed by atoms with Crippen molar-refractivity contribution in [3.05, 3.63) is 39.4 Å². The van der Waals surface area contributed by atoms with Crippen molar-refractivity contribution in [2.45, 2.75) is 19.4 Å². The van der Waals surface area contributed by atoms with E-state index in [1.807, 2.05) is 6.92 Å². The Labute approximate surface area is 122 Å². The van der Waals surface area contributed by atoms with Gasteiger partial charge >= 0.3 is 0 Å². The first-order chi connectivity index (χ1) is 10.0. The van der Waals surface area contributed by atoms with Crippen molar-refractivity contribution in [2.24, 2.45) is 5.92 Å². The first-order valence-corrected chi connectivity index (χ1v) is 6.97. The molecule has 0 saturated carbocycles. The van der Waals surface area contributed by atoms with Crippen molar-refractivity contribution in [1.29, 1.82) is 0 Å². The first-order valence-electron chi connectivity index (χ1n) is 6.97. The molecule has 2 rings (SSSR count). The van der Waals surface area contributed by atoms with E-state index in [0.29, 0.717) is 31.6 Å². The van der Waals surface area contributed by atoms with Gasteiger partial charge in [-0.1, -0.05) is 13.0 Å². The van der Waals surface area contributed by atoms with E-state index in [9.17, 15) is 20.0 Å². The molecule has 1 amide bonds. The number of hydrogen-bond donors (Lipinski definition) is 3. The van der Waals surface area contributed by atoms with Crippen LogP contribution in [0.15, 0.2) is 18.2 Å². The monoisotopic (exact) mass is 293 g/mol. The quantitative estimate of drug-likeness (QED) is 0.540. The van der Waals surface area contributed by atoms with Crippen LogP contribution < -0.4 is 10.6 Å². The second kappa shape index (κ2) is 6.64. The molecule has 0 radical (unpaired) electrons. The third-order valence-corrected chi connectivity index (χ3v) is 3.75. The summed E-state index contributed by atoms with van der Waals surface area (Å²) in [5.74, 6) is -0.390. The van der Waals surface area contributed by atoms with Gasteiger partial charge in [0.25, 0.3) is 11.6 Å². The molecule has 2 unspecified atom stereocenters. The summed E-state index contributed by atoms with van der Waals surface area (Å²) < 4.78 is 0. The fourth-order valence-electron chi connectivity index (χ4n) is 2.43. The highest BCUT2D eigenvalue weighted by molar-refractivity contribution is 5.95. The highest BCUT2D eigenvalue weighted by Crippen LogP contribution is 2.21. The molecule has 1 aromatic carbocycles. The van der Waals surface area contributed by atoms with E-state index >= 15 is 0 Å². The molecule has 7 nitrogen and oxygen atoms in total. The lowest BCUT2D eigenvalue weighted by Crippen LogP contribution is -2.34. The van der Waals surface area contributed by atoms with E-state index in [1.165, 1.54) is 6.07 Å². The largest absolute Gasteiger partial charge is 0.391 e. The highest BCUT2D eigenvalue weighted by Gasteiger charge is 2.25. The summed E-state index contributed by atoms with van der Waals surface area (Å²) in [6, 6.07) is 4.50. The fourth-order valence-corrected chi connectivity index (χ4v) is 2.43. The molecule has 1 aliphatic heterocycles. The van der Waals surface area contributed by atoms with E-state index in [4.69, 9.17) is 0 Å². The number of rotatable bonds is 5. The van der Waals surface area contributed by atoms with Crippen LogP contribution in [0.25, 0.3) is 0 Å². The number of nitrogens with zero attached hydrogens (tertiary/aromatic N) is 1. The van der Waals surface area contributed by atoms with Crippen molar-refractivity contribution < 1.29 is 14.8 Å². The summed E-state index contributed by atoms with van der Waals surface area (Å²) in [6.07, 6.45) is 0.0696. The second-order valence-electron chi connectivity index (χ2n) is 5.15. The molecule has 1 saturated heterocycles. The van der Waals surface area contributed by atoms with Crippen molar-refractivity contribution in [1.82, 2.24) is 10.6 Å². The fraction of sp³-hybridized carbons (Fsp3) is 0.500. The maximum absolute atomic E-state index is 12.0. The predicted molar refractivity (Wildman–Crippen MR) is 77.2 cm³/mol. The summed E-state index contributed by atoms with van der Waals surface area (Å²) in [6.45, 7) is 3.35. The molecule has 1 fully saturated rings. The molecule has 1 aliphatic rings. The van der Waals surface area contributed by atoms with Gasteiger partial charge in [-0.2, -0.15) is 0 Å². The van der Waals surface area contributed by atoms with Crippen LogP contribution in [0.4, 0.5) is 5.69 Å². The van der Waals surface area contributed by atoms with Crippen LogP contribution in [-0.2, 0) is 6.42 Å². The first kappa shape index (κ1) is 15.4. The minimum absolute atomic E-state index is 0.0288. The molecule has 2 atom stereocenters. The summed E-state index contributed by atoms with van der Waals surface area (Å²) in [4.78, 5) is 22.6. The topological polar surface area (TPSA) is 104 Å². The molecule has 0 bridgehead atoms. The number of carbonyl (C=O) groups excluding carboxylic acids is 1. The Hall–Kier alpha value is -1.99. The van der Waals surface area contributed by atoms with Gasteiger partial charge in [0.1, 0.15) is 0 Å². The Bertz CT molecular complexity index is 547. The van der Waals surface area contributed by atoms with Crippen LogP contribution in [0.2, 0.25) is 0 Å². The molecule has 1 heterocycles. The van der Waals surface area contributed by atoms with Crippen molar-refractivity contribution in [3.8, 4) is 0 Å². The number of nitro benzene ring substituents is 1. The number of nitro groups is 1. The van der Waals surface area contributed by atoms with Gasteiger partial charge in [0.2, 0.25) is 0 Å². The molecular formula is C14H19N3O4. The van der Waals surface area contributed by atoms with E-state index < -0.39 is 11.0 Å². The molecule has 114 valence electrons. The number of aliphatic hydroxyl groups is 1. The van der Waals surface area contributed by atoms with Gasteiger partial charge in [0, 0.05) is 42.7 Å². The van der Waals surface area contributed by atoms with Crippen molar-refractivity contribution >= 4 is 11.6 Å². The van der Waals surface area contributed by atoms with E-state index in [1.54, 1.807) is 12.1 Å². The maximum Gasteiger partial charge on any atom is 0.273 e. The number of amides is 1. The lowest BCUT2D eigenvalue weighted by molar-refractivity contribution is -0.385. The number of benzene rings is 1. The van der Waals surface area contributed by atoms with Crippen LogP contribution in [0, 0.1) is 16.0 Å². The van der Waals surface area contributed by atoms with E-state index in [2.05, 4.69) is 10.6 Å². The summed E-state index contributed by atoms with van der Waals surface area (Å²) in [5.41, 5.74) is 0.832. The van der Waals surface area contributed by atoms with Gasteiger partial charge in [-0.05, 0) is 12.5 Å². The van der Waals surface area contributed by atoms with Gasteiger partial charge in [-0.25, -0.2) is 0 Å². The van der Waals surface area contributed by atoms with Gasteiger partial charge in [0.05, 0.1) is 11.0 Å². The standard InChI is InChI=1S/C14H19N3O4/c1-2-9-3-4-10(5-12(9)17(20)21)14(19)16-7-11-6-15-8-13(11)18/h3-5,11,13,15,18H,2,6-8H2,1H3,(H,16,19). The Morgan fingerprint density at radius 1 is 1.52 bits per heavy atom. The molecular weight excluding hydrogens is 274 g/mol. The number of β-amino-alcohol motifs (C(OH)–C–C–N with tert-alkyl or cyclic N) is 1. The average molecular weight is 293 g/mol. The zero-order chi connectivity index (χ0) is 15.4. The molecule has 0 spiro atoms. The molecule has 0 aliphatic carbocycles. The van der Waals surface area contributed by atoms with E-state index in [-0.39, 0.29) is 23.1 Å². The molecule has 3 N–H and O–H groups in total. The van der Waals surface area contributed by atoms with Crippen LogP contribution >= 0.6 is 0 Å². The number of carbonyl (C=O) groups is 1. The Balaban J connectivity index is 2.05. The minimum atomic E-state index is -0.472. The van der Waals surface area contributed by atoms with Gasteiger partial charge in [-0.15, -0.1) is 0 Å². The molecule has 21 heavy (non-hydrogen) atoms. The maximum atomic E-state index is 12.0. The third-order valence-electron chi connectivity index (χ3n) is 3.75. The van der Waals surface area contributed by atoms with Crippen molar-refractivity contribution in [3.63, 3.8) is 0 Å². The number of nitrogens with one attached hydrogen (secondary N) is 2. The van der Waals surface area contributed by atoms with Crippen LogP contribution in [0.1, 0.15) is 22.8 Å². The molecule has 0 aromatic heterocycles. The lowest BCUT2D eigenvalue weighted by atomic mass is 10.0. The van der Waals surface area contributed by atoms with Gasteiger partial charge in [0.15, 0.2) is 0 Å². The highest BCUT2D eigenvalue weighted by atomic mass is 16.6. The molecule has 7 heteroatoms. The Kier molecular flexibility index (Phi) is 4.87. The number of hydrogen-bond acceptors (Lipinski definition) is 5. The van der Waals surface area contributed by atoms with Crippen LogP contribution in [0.5, 0.6) is 0 Å². The average Bonchev–Trinajstić information content (AvgIpc) is 2.89. The van der Waals surface area contributed by atoms with Gasteiger partial charge < -0.3 is 15.7 Å². The minimum Gasteiger partial charge on any atom is -0.391 e.